The van der Waals surface area contributed by atoms with Gasteiger partial charge in [0.15, 0.2) is 0 Å². The average Bonchev–Trinajstić information content (AvgIpc) is 3.30. The van der Waals surface area contributed by atoms with Crippen LogP contribution >= 0.6 is 0 Å². The third-order valence-corrected chi connectivity index (χ3v) is 6.57. The molecular formula is C25H38N4O6. The summed E-state index contributed by atoms with van der Waals surface area (Å²) < 4.78 is 0. The molecule has 5 atom stereocenters. The van der Waals surface area contributed by atoms with E-state index in [1.165, 1.54) is 17.0 Å². The predicted octanol–water partition coefficient (Wildman–Crippen LogP) is 1.01. The maximum atomic E-state index is 13.2. The number of carbonyl (C=O) groups excluding carboxylic acids is 3. The molecule has 3 amide bonds. The molecule has 0 bridgehead atoms. The standard InChI is InChI=1S/C25H38N4O6/c1-5-15(4)21(23(32)27-20(14(2)3)25(34)35)28-22(31)19-7-6-12-29(19)24(33)18(26)13-16-8-10-17(30)11-9-16/h8-11,14-15,18-21,30H,5-7,12-13,26H2,1-4H3,(H,27,32)(H,28,31)(H,34,35). The summed E-state index contributed by atoms with van der Waals surface area (Å²) in [5.41, 5.74) is 6.94. The van der Waals surface area contributed by atoms with Gasteiger partial charge in [-0.3, -0.25) is 14.4 Å². The van der Waals surface area contributed by atoms with Crippen LogP contribution in [0.3, 0.4) is 0 Å². The zero-order chi connectivity index (χ0) is 26.3. The molecule has 2 rings (SSSR count). The minimum Gasteiger partial charge on any atom is -0.508 e. The Labute approximate surface area is 206 Å². The number of aromatic hydroxyl groups is 1. The molecule has 10 heteroatoms. The maximum absolute atomic E-state index is 13.2. The van der Waals surface area contributed by atoms with Gasteiger partial charge in [-0.25, -0.2) is 4.79 Å². The van der Waals surface area contributed by atoms with Crippen LogP contribution in [0.2, 0.25) is 0 Å². The highest BCUT2D eigenvalue weighted by Crippen LogP contribution is 2.21. The first-order valence-corrected chi connectivity index (χ1v) is 12.1. The Bertz CT molecular complexity index is 904. The molecule has 194 valence electrons. The van der Waals surface area contributed by atoms with Gasteiger partial charge >= 0.3 is 5.97 Å². The van der Waals surface area contributed by atoms with Crippen LogP contribution in [0.5, 0.6) is 5.75 Å². The van der Waals surface area contributed by atoms with E-state index in [9.17, 15) is 29.4 Å². The van der Waals surface area contributed by atoms with Crippen LogP contribution < -0.4 is 16.4 Å². The number of hydrogen-bond acceptors (Lipinski definition) is 6. The first kappa shape index (κ1) is 28.1. The van der Waals surface area contributed by atoms with Crippen LogP contribution in [0.1, 0.15) is 52.5 Å². The lowest BCUT2D eigenvalue weighted by Gasteiger charge is -2.30. The number of aliphatic carboxylic acids is 1. The summed E-state index contributed by atoms with van der Waals surface area (Å²) in [6.45, 7) is 7.45. The first-order chi connectivity index (χ1) is 16.5. The van der Waals surface area contributed by atoms with Gasteiger partial charge in [-0.15, -0.1) is 0 Å². The first-order valence-electron chi connectivity index (χ1n) is 12.1. The molecule has 0 aliphatic carbocycles. The molecule has 5 unspecified atom stereocenters. The van der Waals surface area contributed by atoms with E-state index in [0.717, 1.165) is 5.56 Å². The van der Waals surface area contributed by atoms with Crippen LogP contribution in [-0.4, -0.2) is 69.5 Å². The van der Waals surface area contributed by atoms with Crippen molar-refractivity contribution in [2.45, 2.75) is 77.5 Å². The number of nitrogens with one attached hydrogen (secondary N) is 2. The highest BCUT2D eigenvalue weighted by molar-refractivity contribution is 5.94. The summed E-state index contributed by atoms with van der Waals surface area (Å²) in [6.07, 6.45) is 1.92. The summed E-state index contributed by atoms with van der Waals surface area (Å²) in [4.78, 5) is 52.2. The van der Waals surface area contributed by atoms with E-state index in [1.54, 1.807) is 32.9 Å². The van der Waals surface area contributed by atoms with Crippen LogP contribution in [0.25, 0.3) is 0 Å². The van der Waals surface area contributed by atoms with Gasteiger partial charge in [0, 0.05) is 6.54 Å². The maximum Gasteiger partial charge on any atom is 0.326 e. The number of amides is 3. The number of benzene rings is 1. The molecule has 1 saturated heterocycles. The van der Waals surface area contributed by atoms with Gasteiger partial charge in [0.25, 0.3) is 0 Å². The minimum atomic E-state index is -1.14. The summed E-state index contributed by atoms with van der Waals surface area (Å²) in [6, 6.07) is 2.79. The lowest BCUT2D eigenvalue weighted by atomic mass is 9.96. The number of carboxylic acids is 1. The van der Waals surface area contributed by atoms with Crippen molar-refractivity contribution in [2.75, 3.05) is 6.54 Å². The molecule has 1 aliphatic heterocycles. The Hall–Kier alpha value is -3.14. The number of phenolic OH excluding ortho intramolecular Hbond substituents is 1. The number of phenols is 1. The molecule has 1 fully saturated rings. The molecule has 10 nitrogen and oxygen atoms in total. The van der Waals surface area contributed by atoms with E-state index in [4.69, 9.17) is 5.73 Å². The summed E-state index contributed by atoms with van der Waals surface area (Å²) in [5.74, 6) is -2.97. The number of carboxylic acid groups (broad SMARTS) is 1. The average molecular weight is 491 g/mol. The highest BCUT2D eigenvalue weighted by atomic mass is 16.4. The molecular weight excluding hydrogens is 452 g/mol. The van der Waals surface area contributed by atoms with Crippen molar-refractivity contribution < 1.29 is 29.4 Å². The van der Waals surface area contributed by atoms with Gasteiger partial charge in [0.2, 0.25) is 17.7 Å². The zero-order valence-electron chi connectivity index (χ0n) is 20.9. The molecule has 1 aromatic carbocycles. The fraction of sp³-hybridized carbons (Fsp3) is 0.600. The van der Waals surface area contributed by atoms with Crippen molar-refractivity contribution in [2.24, 2.45) is 17.6 Å². The van der Waals surface area contributed by atoms with Crippen molar-refractivity contribution in [1.29, 1.82) is 0 Å². The number of hydrogen-bond donors (Lipinski definition) is 5. The molecule has 1 aliphatic rings. The predicted molar refractivity (Wildman–Crippen MR) is 130 cm³/mol. The minimum absolute atomic E-state index is 0.118. The Balaban J connectivity index is 2.10. The monoisotopic (exact) mass is 490 g/mol. The molecule has 0 aromatic heterocycles. The molecule has 6 N–H and O–H groups in total. The van der Waals surface area contributed by atoms with Crippen LogP contribution in [0.15, 0.2) is 24.3 Å². The van der Waals surface area contributed by atoms with Crippen molar-refractivity contribution in [1.82, 2.24) is 15.5 Å². The van der Waals surface area contributed by atoms with E-state index < -0.39 is 42.0 Å². The van der Waals surface area contributed by atoms with Gasteiger partial charge in [-0.2, -0.15) is 0 Å². The smallest absolute Gasteiger partial charge is 0.326 e. The number of nitrogens with two attached hydrogens (primary N) is 1. The van der Waals surface area contributed by atoms with Gasteiger partial charge in [-0.1, -0.05) is 46.2 Å². The van der Waals surface area contributed by atoms with Gasteiger partial charge < -0.3 is 31.5 Å². The summed E-state index contributed by atoms with van der Waals surface area (Å²) in [7, 11) is 0. The molecule has 0 radical (unpaired) electrons. The van der Waals surface area contributed by atoms with E-state index in [0.29, 0.717) is 25.8 Å². The van der Waals surface area contributed by atoms with Gasteiger partial charge in [-0.05, 0) is 48.8 Å². The van der Waals surface area contributed by atoms with E-state index in [-0.39, 0.29) is 29.9 Å². The second-order valence-electron chi connectivity index (χ2n) is 9.61. The van der Waals surface area contributed by atoms with Crippen molar-refractivity contribution >= 4 is 23.7 Å². The number of nitrogens with zero attached hydrogens (tertiary/aromatic N) is 1. The van der Waals surface area contributed by atoms with Crippen molar-refractivity contribution in [3.8, 4) is 5.75 Å². The fourth-order valence-corrected chi connectivity index (χ4v) is 4.20. The third-order valence-electron chi connectivity index (χ3n) is 6.57. The lowest BCUT2D eigenvalue weighted by Crippen LogP contribution is -2.58. The molecule has 1 aromatic rings. The largest absolute Gasteiger partial charge is 0.508 e. The van der Waals surface area contributed by atoms with Crippen LogP contribution in [-0.2, 0) is 25.6 Å². The van der Waals surface area contributed by atoms with Crippen molar-refractivity contribution in [3.05, 3.63) is 29.8 Å². The Kier molecular flexibility index (Phi) is 10.1. The van der Waals surface area contributed by atoms with E-state index in [2.05, 4.69) is 10.6 Å². The second-order valence-corrected chi connectivity index (χ2v) is 9.61. The van der Waals surface area contributed by atoms with Crippen molar-refractivity contribution in [3.63, 3.8) is 0 Å². The quantitative estimate of drug-likeness (QED) is 0.309. The third kappa shape index (κ3) is 7.42. The molecule has 0 saturated carbocycles. The Morgan fingerprint density at radius 2 is 1.71 bits per heavy atom. The zero-order valence-corrected chi connectivity index (χ0v) is 20.9. The van der Waals surface area contributed by atoms with E-state index in [1.807, 2.05) is 6.92 Å². The van der Waals surface area contributed by atoms with Gasteiger partial charge in [0.1, 0.15) is 23.9 Å². The number of likely N-dealkylation sites (tertiary alicyclic amines) is 1. The number of carbonyl (C=O) groups is 4. The van der Waals surface area contributed by atoms with Crippen LogP contribution in [0, 0.1) is 11.8 Å². The fourth-order valence-electron chi connectivity index (χ4n) is 4.20. The lowest BCUT2D eigenvalue weighted by molar-refractivity contribution is -0.144. The molecule has 35 heavy (non-hydrogen) atoms. The van der Waals surface area contributed by atoms with Gasteiger partial charge in [0.05, 0.1) is 6.04 Å². The molecule has 1 heterocycles. The molecule has 0 spiro atoms. The normalized spacial score (nSPS) is 19.0. The SMILES string of the molecule is CCC(C)C(NC(=O)C1CCCN1C(=O)C(N)Cc1ccc(O)cc1)C(=O)NC(C(=O)O)C(C)C. The van der Waals surface area contributed by atoms with Crippen LogP contribution in [0.4, 0.5) is 0 Å². The highest BCUT2D eigenvalue weighted by Gasteiger charge is 2.39. The Morgan fingerprint density at radius 3 is 2.26 bits per heavy atom. The summed E-state index contributed by atoms with van der Waals surface area (Å²) >= 11 is 0. The Morgan fingerprint density at radius 1 is 1.09 bits per heavy atom. The summed E-state index contributed by atoms with van der Waals surface area (Å²) in [5, 5.41) is 24.2. The second kappa shape index (κ2) is 12.5. The van der Waals surface area contributed by atoms with E-state index >= 15 is 0 Å². The number of rotatable bonds is 11. The topological polar surface area (TPSA) is 162 Å².